The lowest BCUT2D eigenvalue weighted by Crippen LogP contribution is -2.58. The third-order valence-electron chi connectivity index (χ3n) is 11.7. The Morgan fingerprint density at radius 2 is 1.92 bits per heavy atom. The van der Waals surface area contributed by atoms with Gasteiger partial charge in [0.25, 0.3) is 5.91 Å². The molecule has 1 aromatic heterocycles. The van der Waals surface area contributed by atoms with Gasteiger partial charge in [-0.1, -0.05) is 38.0 Å². The van der Waals surface area contributed by atoms with E-state index >= 15 is 0 Å². The summed E-state index contributed by atoms with van der Waals surface area (Å²) in [5, 5.41) is 16.0. The van der Waals surface area contributed by atoms with E-state index in [0.29, 0.717) is 50.0 Å². The minimum atomic E-state index is -3.98. The maximum atomic E-state index is 14.5. The van der Waals surface area contributed by atoms with Crippen molar-refractivity contribution >= 4 is 44.7 Å². The molecule has 274 valence electrons. The summed E-state index contributed by atoms with van der Waals surface area (Å²) in [7, 11) is -3.98. The van der Waals surface area contributed by atoms with Crippen molar-refractivity contribution in [2.75, 3.05) is 6.54 Å². The smallest absolute Gasteiger partial charge is 0.405 e. The van der Waals surface area contributed by atoms with Crippen LogP contribution in [0.25, 0.3) is 10.9 Å². The molecule has 1 aromatic carbocycles. The molecule has 4 heterocycles. The number of nitrogens with zero attached hydrogens (tertiary/aromatic N) is 2. The fourth-order valence-electron chi connectivity index (χ4n) is 8.11. The van der Waals surface area contributed by atoms with Gasteiger partial charge in [-0.3, -0.25) is 19.1 Å². The van der Waals surface area contributed by atoms with E-state index < -0.39 is 67.7 Å². The van der Waals surface area contributed by atoms with Crippen LogP contribution in [0.4, 0.5) is 4.79 Å². The fraction of sp³-hybridized carbons (Fsp3) is 0.595. The van der Waals surface area contributed by atoms with Crippen molar-refractivity contribution in [2.24, 2.45) is 5.92 Å². The monoisotopic (exact) mass is 721 g/mol. The van der Waals surface area contributed by atoms with Gasteiger partial charge in [-0.25, -0.2) is 18.2 Å². The molecule has 3 aliphatic heterocycles. The summed E-state index contributed by atoms with van der Waals surface area (Å²) in [6.45, 7) is 5.59. The number of carboxylic acid groups (broad SMARTS) is 1. The molecule has 5 aliphatic rings. The SMILES string of the molecule is CCc1ccc2nc(C)c3c(c2c1)CC[C@]1(C[C@H]2C(=O)N[C@]4(C(=O)NS(=O)(=O)C5(C)CC5)C[C@H]4/C=C\CCCCC[C@H](NC(=O)O)C(=O)N2C1)O3. The zero-order chi connectivity index (χ0) is 36.3. The van der Waals surface area contributed by atoms with Gasteiger partial charge >= 0.3 is 6.09 Å². The summed E-state index contributed by atoms with van der Waals surface area (Å²) in [5.74, 6) is -1.74. The summed E-state index contributed by atoms with van der Waals surface area (Å²) < 4.78 is 34.3. The maximum Gasteiger partial charge on any atom is 0.405 e. The van der Waals surface area contributed by atoms with Crippen LogP contribution in [0.15, 0.2) is 30.4 Å². The zero-order valence-electron chi connectivity index (χ0n) is 29.4. The van der Waals surface area contributed by atoms with E-state index in [-0.39, 0.29) is 25.8 Å². The molecule has 0 unspecified atom stereocenters. The van der Waals surface area contributed by atoms with Gasteiger partial charge in [-0.2, -0.15) is 0 Å². The van der Waals surface area contributed by atoms with Crippen molar-refractivity contribution in [3.63, 3.8) is 0 Å². The van der Waals surface area contributed by atoms with Gasteiger partial charge < -0.3 is 25.4 Å². The average Bonchev–Trinajstić information content (AvgIpc) is 3.98. The number of amides is 4. The highest BCUT2D eigenvalue weighted by Crippen LogP contribution is 2.49. The number of nitrogens with one attached hydrogen (secondary N) is 3. The van der Waals surface area contributed by atoms with E-state index in [1.165, 1.54) is 10.5 Å². The summed E-state index contributed by atoms with van der Waals surface area (Å²) >= 11 is 0. The van der Waals surface area contributed by atoms with E-state index in [1.54, 1.807) is 6.92 Å². The molecule has 14 heteroatoms. The Morgan fingerprint density at radius 1 is 1.14 bits per heavy atom. The number of allylic oxidation sites excluding steroid dienone is 1. The van der Waals surface area contributed by atoms with Crippen LogP contribution < -0.4 is 20.1 Å². The van der Waals surface area contributed by atoms with Crippen LogP contribution in [-0.4, -0.2) is 81.7 Å². The largest absolute Gasteiger partial charge is 0.483 e. The third-order valence-corrected chi connectivity index (χ3v) is 13.9. The lowest BCUT2D eigenvalue weighted by Gasteiger charge is -2.36. The predicted octanol–water partition coefficient (Wildman–Crippen LogP) is 3.80. The van der Waals surface area contributed by atoms with Crippen molar-refractivity contribution in [3.05, 3.63) is 47.2 Å². The molecule has 2 aliphatic carbocycles. The van der Waals surface area contributed by atoms with Crippen molar-refractivity contribution in [1.29, 1.82) is 0 Å². The van der Waals surface area contributed by atoms with Crippen molar-refractivity contribution in [2.45, 2.75) is 126 Å². The second kappa shape index (κ2) is 12.8. The van der Waals surface area contributed by atoms with Gasteiger partial charge in [0.05, 0.1) is 22.5 Å². The molecule has 51 heavy (non-hydrogen) atoms. The number of aromatic nitrogens is 1. The molecule has 4 N–H and O–H groups in total. The number of rotatable bonds is 5. The molecule has 2 saturated carbocycles. The Balaban J connectivity index is 1.23. The number of benzene rings is 1. The summed E-state index contributed by atoms with van der Waals surface area (Å²) in [6, 6.07) is 4.03. The van der Waals surface area contributed by atoms with Crippen LogP contribution in [0, 0.1) is 12.8 Å². The maximum absolute atomic E-state index is 14.5. The van der Waals surface area contributed by atoms with E-state index in [9.17, 15) is 32.7 Å². The Labute approximate surface area is 298 Å². The number of hydrogen-bond acceptors (Lipinski definition) is 8. The molecule has 0 radical (unpaired) electrons. The summed E-state index contributed by atoms with van der Waals surface area (Å²) in [4.78, 5) is 60.7. The van der Waals surface area contributed by atoms with Crippen LogP contribution in [0.1, 0.15) is 94.9 Å². The number of fused-ring (bicyclic) bond motifs is 5. The van der Waals surface area contributed by atoms with Crippen LogP contribution in [0.2, 0.25) is 0 Å². The highest BCUT2D eigenvalue weighted by atomic mass is 32.2. The first-order valence-corrected chi connectivity index (χ1v) is 19.6. The number of pyridine rings is 1. The van der Waals surface area contributed by atoms with Gasteiger partial charge in [0.2, 0.25) is 21.8 Å². The fourth-order valence-corrected chi connectivity index (χ4v) is 9.42. The van der Waals surface area contributed by atoms with Crippen LogP contribution in [0.3, 0.4) is 0 Å². The van der Waals surface area contributed by atoms with E-state index in [0.717, 1.165) is 35.7 Å². The zero-order valence-corrected chi connectivity index (χ0v) is 30.2. The first kappa shape index (κ1) is 35.2. The lowest BCUT2D eigenvalue weighted by molar-refractivity contribution is -0.141. The number of aryl methyl sites for hydroxylation is 3. The molecule has 7 rings (SSSR count). The molecule has 3 fully saturated rings. The molecular formula is C37H47N5O8S. The van der Waals surface area contributed by atoms with Gasteiger partial charge in [0.15, 0.2) is 0 Å². The number of hydrogen-bond donors (Lipinski definition) is 4. The molecule has 0 bridgehead atoms. The topological polar surface area (TPSA) is 184 Å². The van der Waals surface area contributed by atoms with Gasteiger partial charge in [-0.05, 0) is 89.3 Å². The minimum absolute atomic E-state index is 0.0307. The molecule has 1 saturated heterocycles. The summed E-state index contributed by atoms with van der Waals surface area (Å²) in [5.41, 5.74) is 1.28. The van der Waals surface area contributed by atoms with Crippen molar-refractivity contribution in [1.82, 2.24) is 25.2 Å². The number of ether oxygens (including phenoxy) is 1. The third kappa shape index (κ3) is 6.44. The quantitative estimate of drug-likeness (QED) is 0.334. The van der Waals surface area contributed by atoms with Gasteiger partial charge in [0.1, 0.15) is 29.0 Å². The summed E-state index contributed by atoms with van der Waals surface area (Å²) in [6.07, 6.45) is 8.70. The first-order chi connectivity index (χ1) is 24.2. The second-order valence-electron chi connectivity index (χ2n) is 15.4. The Kier molecular flexibility index (Phi) is 8.83. The normalized spacial score (nSPS) is 30.8. The van der Waals surface area contributed by atoms with Gasteiger partial charge in [0, 0.05) is 23.3 Å². The average molecular weight is 722 g/mol. The Hall–Kier alpha value is -4.20. The molecule has 13 nitrogen and oxygen atoms in total. The predicted molar refractivity (Wildman–Crippen MR) is 189 cm³/mol. The van der Waals surface area contributed by atoms with E-state index in [4.69, 9.17) is 9.72 Å². The van der Waals surface area contributed by atoms with Crippen LogP contribution in [-0.2, 0) is 37.2 Å². The highest BCUT2D eigenvalue weighted by Gasteiger charge is 2.64. The highest BCUT2D eigenvalue weighted by molar-refractivity contribution is 7.91. The Bertz CT molecular complexity index is 1940. The molecule has 5 atom stereocenters. The lowest BCUT2D eigenvalue weighted by atomic mass is 9.87. The molecular weight excluding hydrogens is 675 g/mol. The second-order valence-corrected chi connectivity index (χ2v) is 17.6. The standard InChI is InChI=1S/C37H47N5O8S/c1-4-23-12-13-27-26(18-23)25-14-15-36(50-30(25)22(2)38-27)20-29-31(43)40-37(33(45)41-51(48,49)35(3)16-17-35)19-24(37)10-8-6-5-7-9-11-28(39-34(46)47)32(44)42(29)21-36/h8,10,12-13,18,24,28-29,39H,4-7,9,11,14-17,19-21H2,1-3H3,(H,40,43)(H,41,45)(H,46,47)/b10-8-/t24-,28+,29+,36-,37-/m1/s1. The minimum Gasteiger partial charge on any atom is -0.483 e. The van der Waals surface area contributed by atoms with Crippen LogP contribution >= 0.6 is 0 Å². The van der Waals surface area contributed by atoms with Crippen LogP contribution in [0.5, 0.6) is 5.75 Å². The molecule has 4 amide bonds. The van der Waals surface area contributed by atoms with E-state index in [1.807, 2.05) is 25.1 Å². The number of carbonyl (C=O) groups excluding carboxylic acids is 3. The van der Waals surface area contributed by atoms with Crippen molar-refractivity contribution in [3.8, 4) is 5.75 Å². The number of carbonyl (C=O) groups is 4. The van der Waals surface area contributed by atoms with E-state index in [2.05, 4.69) is 34.4 Å². The molecule has 2 aromatic rings. The Morgan fingerprint density at radius 3 is 2.65 bits per heavy atom. The molecule has 1 spiro atoms. The number of sulfonamides is 1. The van der Waals surface area contributed by atoms with Crippen molar-refractivity contribution < 1.29 is 37.4 Å². The first-order valence-electron chi connectivity index (χ1n) is 18.2. The van der Waals surface area contributed by atoms with Gasteiger partial charge in [-0.15, -0.1) is 0 Å².